The maximum atomic E-state index is 5.56. The van der Waals surface area contributed by atoms with E-state index in [0.717, 1.165) is 38.5 Å². The van der Waals surface area contributed by atoms with Gasteiger partial charge >= 0.3 is 0 Å². The fourth-order valence-corrected chi connectivity index (χ4v) is 2.35. The fraction of sp³-hybridized carbons (Fsp3) is 0.688. The van der Waals surface area contributed by atoms with E-state index >= 15 is 0 Å². The van der Waals surface area contributed by atoms with Crippen molar-refractivity contribution in [3.63, 3.8) is 0 Å². The normalized spacial score (nSPS) is 19.4. The summed E-state index contributed by atoms with van der Waals surface area (Å²) >= 11 is 0. The molecule has 0 aliphatic carbocycles. The van der Waals surface area contributed by atoms with E-state index in [1.54, 1.807) is 0 Å². The van der Waals surface area contributed by atoms with Gasteiger partial charge in [0.2, 0.25) is 0 Å². The average Bonchev–Trinajstić information content (AvgIpc) is 2.40. The van der Waals surface area contributed by atoms with Crippen LogP contribution in [0.15, 0.2) is 18.3 Å². The van der Waals surface area contributed by atoms with E-state index in [-0.39, 0.29) is 5.54 Å². The van der Waals surface area contributed by atoms with Crippen LogP contribution in [0.25, 0.3) is 0 Å². The predicted octanol–water partition coefficient (Wildman–Crippen LogP) is 2.19. The van der Waals surface area contributed by atoms with Crippen molar-refractivity contribution in [1.82, 2.24) is 15.2 Å². The van der Waals surface area contributed by atoms with Crippen molar-refractivity contribution in [3.8, 4) is 0 Å². The summed E-state index contributed by atoms with van der Waals surface area (Å²) in [6.45, 7) is 13.1. The lowest BCUT2D eigenvalue weighted by Gasteiger charge is -2.41. The molecule has 1 fully saturated rings. The summed E-state index contributed by atoms with van der Waals surface area (Å²) in [7, 11) is 0. The number of morpholine rings is 1. The Morgan fingerprint density at radius 2 is 2.20 bits per heavy atom. The van der Waals surface area contributed by atoms with Crippen molar-refractivity contribution in [2.24, 2.45) is 0 Å². The molecular weight excluding hydrogens is 250 g/mol. The van der Waals surface area contributed by atoms with Crippen molar-refractivity contribution in [1.29, 1.82) is 0 Å². The number of ether oxygens (including phenoxy) is 1. The number of nitrogens with one attached hydrogen (secondary N) is 1. The zero-order chi connectivity index (χ0) is 14.6. The van der Waals surface area contributed by atoms with E-state index in [4.69, 9.17) is 4.74 Å². The highest BCUT2D eigenvalue weighted by Gasteiger charge is 2.30. The number of aromatic nitrogens is 1. The molecular formula is C16H27N3O. The number of rotatable bonds is 5. The molecule has 4 heteroatoms. The molecule has 1 aliphatic rings. The minimum Gasteiger partial charge on any atom is -0.378 e. The highest BCUT2D eigenvalue weighted by molar-refractivity contribution is 5.14. The van der Waals surface area contributed by atoms with Crippen LogP contribution in [0.2, 0.25) is 0 Å². The molecule has 1 N–H and O–H groups in total. The summed E-state index contributed by atoms with van der Waals surface area (Å²) < 4.78 is 5.56. The minimum absolute atomic E-state index is 0.0950. The highest BCUT2D eigenvalue weighted by atomic mass is 16.5. The molecule has 0 spiro atoms. The number of hydrogen-bond donors (Lipinski definition) is 1. The number of nitrogens with zero attached hydrogens (tertiary/aromatic N) is 2. The highest BCUT2D eigenvalue weighted by Crippen LogP contribution is 2.21. The molecule has 0 amide bonds. The Balaban J connectivity index is 1.93. The van der Waals surface area contributed by atoms with Gasteiger partial charge in [0.15, 0.2) is 0 Å². The molecule has 20 heavy (non-hydrogen) atoms. The Bertz CT molecular complexity index is 414. The molecule has 2 heterocycles. The lowest BCUT2D eigenvalue weighted by atomic mass is 10.0. The molecule has 1 saturated heterocycles. The Kier molecular flexibility index (Phi) is 5.13. The molecule has 0 unspecified atom stereocenters. The smallest absolute Gasteiger partial charge is 0.0645 e. The van der Waals surface area contributed by atoms with Crippen LogP contribution in [0, 0.1) is 0 Å². The summed E-state index contributed by atoms with van der Waals surface area (Å²) in [4.78, 5) is 7.04. The van der Waals surface area contributed by atoms with Gasteiger partial charge in [0.1, 0.15) is 0 Å². The van der Waals surface area contributed by atoms with Crippen LogP contribution in [-0.4, -0.2) is 41.2 Å². The van der Waals surface area contributed by atoms with Crippen LogP contribution in [-0.2, 0) is 17.8 Å². The zero-order valence-electron chi connectivity index (χ0n) is 13.1. The quantitative estimate of drug-likeness (QED) is 0.895. The number of hydrogen-bond acceptors (Lipinski definition) is 4. The minimum atomic E-state index is 0.0950. The van der Waals surface area contributed by atoms with Crippen molar-refractivity contribution >= 4 is 0 Å². The van der Waals surface area contributed by atoms with Crippen LogP contribution in [0.1, 0.15) is 39.0 Å². The van der Waals surface area contributed by atoms with Gasteiger partial charge in [-0.25, -0.2) is 0 Å². The van der Waals surface area contributed by atoms with Gasteiger partial charge in [-0.15, -0.1) is 0 Å². The molecule has 2 rings (SSSR count). The fourth-order valence-electron chi connectivity index (χ4n) is 2.35. The van der Waals surface area contributed by atoms with Gasteiger partial charge in [0.25, 0.3) is 0 Å². The maximum absolute atomic E-state index is 5.56. The Labute approximate surface area is 122 Å². The van der Waals surface area contributed by atoms with Gasteiger partial charge in [-0.3, -0.25) is 9.88 Å². The van der Waals surface area contributed by atoms with Gasteiger partial charge < -0.3 is 10.1 Å². The van der Waals surface area contributed by atoms with Crippen molar-refractivity contribution in [2.75, 3.05) is 19.8 Å². The summed E-state index contributed by atoms with van der Waals surface area (Å²) in [6.07, 6.45) is 1.98. The largest absolute Gasteiger partial charge is 0.378 e. The molecule has 0 atom stereocenters. The van der Waals surface area contributed by atoms with Crippen LogP contribution >= 0.6 is 0 Å². The van der Waals surface area contributed by atoms with Crippen molar-refractivity contribution < 1.29 is 4.74 Å². The molecule has 1 aromatic rings. The second-order valence-electron chi connectivity index (χ2n) is 6.48. The molecule has 4 nitrogen and oxygen atoms in total. The first-order valence-corrected chi connectivity index (χ1v) is 7.47. The first-order chi connectivity index (χ1) is 9.47. The first-order valence-electron chi connectivity index (χ1n) is 7.47. The van der Waals surface area contributed by atoms with Gasteiger partial charge in [-0.1, -0.05) is 19.9 Å². The second-order valence-corrected chi connectivity index (χ2v) is 6.48. The van der Waals surface area contributed by atoms with Crippen LogP contribution in [0.5, 0.6) is 0 Å². The van der Waals surface area contributed by atoms with Crippen LogP contribution in [0.3, 0.4) is 0 Å². The molecule has 0 aromatic carbocycles. The molecule has 112 valence electrons. The standard InChI is InChI=1S/C16H27N3O/c1-13(2)17-9-14-5-6-15(18-10-14)11-19-7-8-20-12-16(19,3)4/h5-6,10,13,17H,7-9,11-12H2,1-4H3. The molecule has 1 aromatic heterocycles. The van der Waals surface area contributed by atoms with E-state index in [1.807, 2.05) is 6.20 Å². The van der Waals surface area contributed by atoms with Crippen molar-refractivity contribution in [2.45, 2.75) is 52.4 Å². The molecule has 1 aliphatic heterocycles. The van der Waals surface area contributed by atoms with E-state index in [2.05, 4.69) is 55.0 Å². The molecule has 0 saturated carbocycles. The Morgan fingerprint density at radius 3 is 2.80 bits per heavy atom. The van der Waals surface area contributed by atoms with E-state index < -0.39 is 0 Å². The third kappa shape index (κ3) is 4.27. The first kappa shape index (κ1) is 15.4. The van der Waals surface area contributed by atoms with Crippen molar-refractivity contribution in [3.05, 3.63) is 29.6 Å². The summed E-state index contributed by atoms with van der Waals surface area (Å²) in [5.41, 5.74) is 2.47. The topological polar surface area (TPSA) is 37.4 Å². The monoisotopic (exact) mass is 277 g/mol. The summed E-state index contributed by atoms with van der Waals surface area (Å²) in [6, 6.07) is 4.82. The van der Waals surface area contributed by atoms with Gasteiger partial charge in [0.05, 0.1) is 18.9 Å². The summed E-state index contributed by atoms with van der Waals surface area (Å²) in [5.74, 6) is 0. The predicted molar refractivity (Wildman–Crippen MR) is 81.5 cm³/mol. The summed E-state index contributed by atoms with van der Waals surface area (Å²) in [5, 5.41) is 3.41. The van der Waals surface area contributed by atoms with Crippen LogP contribution < -0.4 is 5.32 Å². The lowest BCUT2D eigenvalue weighted by Crippen LogP contribution is -2.52. The van der Waals surface area contributed by atoms with Gasteiger partial charge in [-0.2, -0.15) is 0 Å². The molecule has 0 bridgehead atoms. The maximum Gasteiger partial charge on any atom is 0.0645 e. The van der Waals surface area contributed by atoms with Gasteiger partial charge in [-0.05, 0) is 25.5 Å². The van der Waals surface area contributed by atoms with E-state index in [9.17, 15) is 0 Å². The average molecular weight is 277 g/mol. The third-order valence-electron chi connectivity index (χ3n) is 3.77. The van der Waals surface area contributed by atoms with Crippen LogP contribution in [0.4, 0.5) is 0 Å². The zero-order valence-corrected chi connectivity index (χ0v) is 13.1. The lowest BCUT2D eigenvalue weighted by molar-refractivity contribution is -0.0557. The number of pyridine rings is 1. The van der Waals surface area contributed by atoms with E-state index in [1.165, 1.54) is 5.56 Å². The van der Waals surface area contributed by atoms with Gasteiger partial charge in [0, 0.05) is 37.4 Å². The van der Waals surface area contributed by atoms with E-state index in [0.29, 0.717) is 6.04 Å². The molecule has 0 radical (unpaired) electrons. The second kappa shape index (κ2) is 6.66. The third-order valence-corrected chi connectivity index (χ3v) is 3.77. The Morgan fingerprint density at radius 1 is 1.40 bits per heavy atom. The Hall–Kier alpha value is -0.970. The SMILES string of the molecule is CC(C)NCc1ccc(CN2CCOCC2(C)C)nc1.